The Kier molecular flexibility index (Phi) is 6.38. The topological polar surface area (TPSA) is 50.5 Å². The minimum absolute atomic E-state index is 0.243. The molecule has 0 bridgehead atoms. The third-order valence-corrected chi connectivity index (χ3v) is 5.88. The fourth-order valence-corrected chi connectivity index (χ4v) is 4.23. The summed E-state index contributed by atoms with van der Waals surface area (Å²) in [7, 11) is 0. The van der Waals surface area contributed by atoms with Crippen molar-refractivity contribution in [1.82, 2.24) is 14.7 Å². The zero-order valence-corrected chi connectivity index (χ0v) is 17.6. The van der Waals surface area contributed by atoms with E-state index in [0.29, 0.717) is 31.0 Å². The Morgan fingerprint density at radius 1 is 1.21 bits per heavy atom. The fraction of sp³-hybridized carbons (Fsp3) is 0.435. The van der Waals surface area contributed by atoms with E-state index in [1.807, 2.05) is 41.1 Å². The second-order valence-corrected chi connectivity index (χ2v) is 8.43. The molecule has 1 N–H and O–H groups in total. The van der Waals surface area contributed by atoms with Gasteiger partial charge in [0.2, 0.25) is 5.88 Å². The predicted octanol–water partition coefficient (Wildman–Crippen LogP) is 4.21. The number of aliphatic hydroxyl groups excluding tert-OH is 1. The number of hydrogen-bond acceptors (Lipinski definition) is 4. The highest BCUT2D eigenvalue weighted by Crippen LogP contribution is 2.26. The predicted molar refractivity (Wildman–Crippen MR) is 117 cm³/mol. The van der Waals surface area contributed by atoms with Crippen molar-refractivity contribution >= 4 is 22.5 Å². The first kappa shape index (κ1) is 20.2. The van der Waals surface area contributed by atoms with E-state index >= 15 is 0 Å². The van der Waals surface area contributed by atoms with Crippen molar-refractivity contribution in [2.45, 2.75) is 32.4 Å². The number of rotatable bonds is 8. The molecule has 1 saturated heterocycles. The summed E-state index contributed by atoms with van der Waals surface area (Å²) in [5.41, 5.74) is 2.21. The molecular formula is C23H28ClN3O2. The number of nitrogens with zero attached hydrogens (tertiary/aromatic N) is 3. The van der Waals surface area contributed by atoms with Crippen LogP contribution in [0.5, 0.6) is 5.88 Å². The van der Waals surface area contributed by atoms with Crippen molar-refractivity contribution in [1.29, 1.82) is 0 Å². The Morgan fingerprint density at radius 2 is 2.00 bits per heavy atom. The summed E-state index contributed by atoms with van der Waals surface area (Å²) >= 11 is 6.00. The Labute approximate surface area is 176 Å². The molecule has 29 heavy (non-hydrogen) atoms. The SMILES string of the molecule is C[C@@H](COc1nn(Cc2ccc(Cl)cc2)c2ccccc12)CN1CCC[C@H]1CO. The lowest BCUT2D eigenvalue weighted by atomic mass is 10.1. The molecule has 0 aliphatic carbocycles. The minimum Gasteiger partial charge on any atom is -0.476 e. The number of hydrogen-bond donors (Lipinski definition) is 1. The second-order valence-electron chi connectivity index (χ2n) is 8.00. The van der Waals surface area contributed by atoms with Gasteiger partial charge in [0.15, 0.2) is 0 Å². The van der Waals surface area contributed by atoms with E-state index in [0.717, 1.165) is 41.0 Å². The lowest BCUT2D eigenvalue weighted by Crippen LogP contribution is -2.36. The summed E-state index contributed by atoms with van der Waals surface area (Å²) in [6, 6.07) is 16.3. The van der Waals surface area contributed by atoms with Gasteiger partial charge in [0, 0.05) is 23.5 Å². The Balaban J connectivity index is 1.45. The second kappa shape index (κ2) is 9.16. The summed E-state index contributed by atoms with van der Waals surface area (Å²) in [5, 5.41) is 16.0. The lowest BCUT2D eigenvalue weighted by Gasteiger charge is -2.25. The van der Waals surface area contributed by atoms with Crippen LogP contribution in [-0.4, -0.2) is 52.1 Å². The third-order valence-electron chi connectivity index (χ3n) is 5.63. The van der Waals surface area contributed by atoms with Crippen LogP contribution in [-0.2, 0) is 6.54 Å². The molecule has 2 heterocycles. The van der Waals surface area contributed by atoms with Crippen LogP contribution in [0.2, 0.25) is 5.02 Å². The maximum atomic E-state index is 9.52. The van der Waals surface area contributed by atoms with Gasteiger partial charge in [-0.3, -0.25) is 9.58 Å². The number of aromatic nitrogens is 2. The molecule has 1 aliphatic heterocycles. The standard InChI is InChI=1S/C23H28ClN3O2/c1-17(13-26-12-4-5-20(26)15-28)16-29-23-21-6-2-3-7-22(21)27(25-23)14-18-8-10-19(24)11-9-18/h2-3,6-11,17,20,28H,4-5,12-16H2,1H3/t17-,20+/m1/s1. The summed E-state index contributed by atoms with van der Waals surface area (Å²) in [5.74, 6) is 1.05. The van der Waals surface area contributed by atoms with Gasteiger partial charge in [0.1, 0.15) is 0 Å². The molecule has 1 fully saturated rings. The van der Waals surface area contributed by atoms with E-state index in [4.69, 9.17) is 21.4 Å². The zero-order chi connectivity index (χ0) is 20.2. The van der Waals surface area contributed by atoms with E-state index in [9.17, 15) is 5.11 Å². The summed E-state index contributed by atoms with van der Waals surface area (Å²) in [4.78, 5) is 2.38. The van der Waals surface area contributed by atoms with Gasteiger partial charge in [0.25, 0.3) is 0 Å². The highest BCUT2D eigenvalue weighted by Gasteiger charge is 2.25. The van der Waals surface area contributed by atoms with Gasteiger partial charge in [-0.1, -0.05) is 42.8 Å². The van der Waals surface area contributed by atoms with Gasteiger partial charge in [-0.15, -0.1) is 5.10 Å². The Bertz CT molecular complexity index is 941. The molecule has 0 radical (unpaired) electrons. The molecule has 0 amide bonds. The highest BCUT2D eigenvalue weighted by atomic mass is 35.5. The summed E-state index contributed by atoms with van der Waals surface area (Å²) < 4.78 is 8.14. The molecule has 3 aromatic rings. The number of likely N-dealkylation sites (tertiary alicyclic amines) is 1. The van der Waals surface area contributed by atoms with Crippen LogP contribution in [0.25, 0.3) is 10.9 Å². The number of ether oxygens (including phenoxy) is 1. The summed E-state index contributed by atoms with van der Waals surface area (Å²) in [6.45, 7) is 5.72. The van der Waals surface area contributed by atoms with Crippen molar-refractivity contribution in [2.75, 3.05) is 26.3 Å². The largest absolute Gasteiger partial charge is 0.476 e. The van der Waals surface area contributed by atoms with E-state index < -0.39 is 0 Å². The zero-order valence-electron chi connectivity index (χ0n) is 16.8. The van der Waals surface area contributed by atoms with Crippen LogP contribution in [0.3, 0.4) is 0 Å². The monoisotopic (exact) mass is 413 g/mol. The Morgan fingerprint density at radius 3 is 2.79 bits per heavy atom. The molecule has 154 valence electrons. The number of benzene rings is 2. The molecule has 1 aliphatic rings. The average molecular weight is 414 g/mol. The highest BCUT2D eigenvalue weighted by molar-refractivity contribution is 6.30. The number of aliphatic hydroxyl groups is 1. The van der Waals surface area contributed by atoms with Crippen molar-refractivity contribution in [3.8, 4) is 5.88 Å². The van der Waals surface area contributed by atoms with E-state index in [2.05, 4.69) is 24.0 Å². The van der Waals surface area contributed by atoms with Crippen LogP contribution in [0, 0.1) is 5.92 Å². The summed E-state index contributed by atoms with van der Waals surface area (Å²) in [6.07, 6.45) is 2.25. The Hall–Kier alpha value is -2.08. The lowest BCUT2D eigenvalue weighted by molar-refractivity contribution is 0.128. The van der Waals surface area contributed by atoms with Crippen LogP contribution in [0.15, 0.2) is 48.5 Å². The maximum absolute atomic E-state index is 9.52. The molecule has 5 nitrogen and oxygen atoms in total. The van der Waals surface area contributed by atoms with Crippen LogP contribution in [0.1, 0.15) is 25.3 Å². The van der Waals surface area contributed by atoms with Gasteiger partial charge < -0.3 is 9.84 Å². The van der Waals surface area contributed by atoms with Crippen LogP contribution < -0.4 is 4.74 Å². The normalized spacial score (nSPS) is 18.4. The fourth-order valence-electron chi connectivity index (χ4n) is 4.10. The van der Waals surface area contributed by atoms with Gasteiger partial charge in [-0.25, -0.2) is 0 Å². The van der Waals surface area contributed by atoms with Crippen LogP contribution >= 0.6 is 11.6 Å². The van der Waals surface area contributed by atoms with E-state index in [1.165, 1.54) is 6.42 Å². The van der Waals surface area contributed by atoms with Gasteiger partial charge in [0.05, 0.1) is 30.7 Å². The first-order valence-corrected chi connectivity index (χ1v) is 10.7. The average Bonchev–Trinajstić information content (AvgIpc) is 3.32. The number of fused-ring (bicyclic) bond motifs is 1. The third kappa shape index (κ3) is 4.74. The molecule has 1 aromatic heterocycles. The molecular weight excluding hydrogens is 386 g/mol. The molecule has 6 heteroatoms. The van der Waals surface area contributed by atoms with Crippen molar-refractivity contribution in [3.63, 3.8) is 0 Å². The molecule has 0 saturated carbocycles. The quantitative estimate of drug-likeness (QED) is 0.601. The molecule has 2 atom stereocenters. The molecule has 4 rings (SSSR count). The van der Waals surface area contributed by atoms with Crippen molar-refractivity contribution in [2.24, 2.45) is 5.92 Å². The number of halogens is 1. The molecule has 0 unspecified atom stereocenters. The first-order valence-electron chi connectivity index (χ1n) is 10.3. The van der Waals surface area contributed by atoms with E-state index in [1.54, 1.807) is 0 Å². The van der Waals surface area contributed by atoms with Gasteiger partial charge in [-0.2, -0.15) is 0 Å². The van der Waals surface area contributed by atoms with Gasteiger partial charge in [-0.05, 0) is 49.2 Å². The molecule has 2 aromatic carbocycles. The van der Waals surface area contributed by atoms with Crippen molar-refractivity contribution in [3.05, 3.63) is 59.1 Å². The van der Waals surface area contributed by atoms with E-state index in [-0.39, 0.29) is 6.61 Å². The van der Waals surface area contributed by atoms with Crippen molar-refractivity contribution < 1.29 is 9.84 Å². The smallest absolute Gasteiger partial charge is 0.240 e. The van der Waals surface area contributed by atoms with Crippen LogP contribution in [0.4, 0.5) is 0 Å². The minimum atomic E-state index is 0.243. The molecule has 0 spiro atoms. The van der Waals surface area contributed by atoms with Gasteiger partial charge >= 0.3 is 0 Å². The maximum Gasteiger partial charge on any atom is 0.240 e. The number of para-hydroxylation sites is 1. The first-order chi connectivity index (χ1) is 14.1.